The molecule has 1 N–H and O–H groups in total. The first-order valence-corrected chi connectivity index (χ1v) is 8.30. The Bertz CT molecular complexity index is 883. The monoisotopic (exact) mass is 336 g/mol. The molecule has 2 aromatic carbocycles. The van der Waals surface area contributed by atoms with Crippen LogP contribution < -0.4 is 14.8 Å². The average Bonchev–Trinajstić information content (AvgIpc) is 2.94. The van der Waals surface area contributed by atoms with Crippen LogP contribution in [0.4, 0.5) is 0 Å². The maximum absolute atomic E-state index is 12.9. The summed E-state index contributed by atoms with van der Waals surface area (Å²) in [5, 5.41) is 2.72. The Labute approximate surface area is 146 Å². The van der Waals surface area contributed by atoms with Crippen LogP contribution in [0.1, 0.15) is 31.9 Å². The molecule has 5 nitrogen and oxygen atoms in total. The standard InChI is InChI=1S/C20H20N2O3/c1-19(2,3)11-24-15-9-6-10-16-17(15)20(18(23)21-12-22-20)13-7-4-5-8-14(13)25-16/h4-10,12H,11H2,1-3H3,(H,21,22,23). The van der Waals surface area contributed by atoms with Crippen molar-refractivity contribution in [2.45, 2.75) is 26.3 Å². The molecule has 2 aromatic rings. The molecule has 0 aromatic heterocycles. The number of ether oxygens (including phenoxy) is 2. The Morgan fingerprint density at radius 3 is 2.60 bits per heavy atom. The van der Waals surface area contributed by atoms with Crippen LogP contribution in [0.15, 0.2) is 47.5 Å². The van der Waals surface area contributed by atoms with Crippen molar-refractivity contribution >= 4 is 12.2 Å². The molecule has 0 bridgehead atoms. The first-order valence-electron chi connectivity index (χ1n) is 8.30. The maximum atomic E-state index is 12.9. The van der Waals surface area contributed by atoms with E-state index in [0.717, 1.165) is 5.56 Å². The van der Waals surface area contributed by atoms with Gasteiger partial charge in [0.15, 0.2) is 0 Å². The van der Waals surface area contributed by atoms with Gasteiger partial charge in [0.25, 0.3) is 5.91 Å². The fraction of sp³-hybridized carbons (Fsp3) is 0.300. The third kappa shape index (κ3) is 2.38. The molecule has 0 saturated heterocycles. The summed E-state index contributed by atoms with van der Waals surface area (Å²) in [5.74, 6) is 1.66. The van der Waals surface area contributed by atoms with Crippen LogP contribution in [-0.4, -0.2) is 18.9 Å². The lowest BCUT2D eigenvalue weighted by Gasteiger charge is -2.34. The zero-order valence-corrected chi connectivity index (χ0v) is 14.5. The summed E-state index contributed by atoms with van der Waals surface area (Å²) in [4.78, 5) is 17.4. The lowest BCUT2D eigenvalue weighted by atomic mass is 9.79. The molecule has 2 heterocycles. The lowest BCUT2D eigenvalue weighted by Crippen LogP contribution is -2.40. The Hall–Kier alpha value is -2.82. The second-order valence-corrected chi connectivity index (χ2v) is 7.52. The topological polar surface area (TPSA) is 59.9 Å². The number of hydrogen-bond donors (Lipinski definition) is 1. The smallest absolute Gasteiger partial charge is 0.262 e. The summed E-state index contributed by atoms with van der Waals surface area (Å²) >= 11 is 0. The number of amides is 1. The average molecular weight is 336 g/mol. The van der Waals surface area contributed by atoms with E-state index in [1.54, 1.807) is 0 Å². The highest BCUT2D eigenvalue weighted by Gasteiger charge is 2.52. The van der Waals surface area contributed by atoms with Crippen LogP contribution in [0.5, 0.6) is 17.2 Å². The number of rotatable bonds is 2. The highest BCUT2D eigenvalue weighted by atomic mass is 16.5. The van der Waals surface area contributed by atoms with Gasteiger partial charge < -0.3 is 14.8 Å². The molecule has 2 aliphatic rings. The van der Waals surface area contributed by atoms with E-state index in [-0.39, 0.29) is 11.3 Å². The van der Waals surface area contributed by atoms with Gasteiger partial charge in [0.05, 0.1) is 18.5 Å². The summed E-state index contributed by atoms with van der Waals surface area (Å²) in [6, 6.07) is 13.1. The van der Waals surface area contributed by atoms with Crippen LogP contribution >= 0.6 is 0 Å². The second kappa shape index (κ2) is 5.34. The Balaban J connectivity index is 1.92. The highest BCUT2D eigenvalue weighted by molar-refractivity contribution is 6.05. The quantitative estimate of drug-likeness (QED) is 0.911. The van der Waals surface area contributed by atoms with E-state index in [9.17, 15) is 4.79 Å². The molecule has 0 aliphatic carbocycles. The molecule has 1 unspecified atom stereocenters. The van der Waals surface area contributed by atoms with E-state index in [4.69, 9.17) is 9.47 Å². The van der Waals surface area contributed by atoms with Gasteiger partial charge >= 0.3 is 0 Å². The normalized spacial score (nSPS) is 20.7. The minimum absolute atomic E-state index is 0.00940. The number of nitrogens with one attached hydrogen (secondary N) is 1. The number of carbonyl (C=O) groups is 1. The third-order valence-corrected chi connectivity index (χ3v) is 4.29. The van der Waals surface area contributed by atoms with Gasteiger partial charge in [0, 0.05) is 5.56 Å². The van der Waals surface area contributed by atoms with Gasteiger partial charge in [-0.2, -0.15) is 0 Å². The van der Waals surface area contributed by atoms with E-state index in [1.165, 1.54) is 6.34 Å². The first kappa shape index (κ1) is 15.7. The van der Waals surface area contributed by atoms with Gasteiger partial charge in [-0.1, -0.05) is 45.0 Å². The van der Waals surface area contributed by atoms with E-state index < -0.39 is 5.54 Å². The number of benzene rings is 2. The molecule has 1 spiro atoms. The number of nitrogens with zero attached hydrogens (tertiary/aromatic N) is 1. The summed E-state index contributed by atoms with van der Waals surface area (Å²) < 4.78 is 12.1. The predicted molar refractivity (Wildman–Crippen MR) is 95.3 cm³/mol. The fourth-order valence-corrected chi connectivity index (χ4v) is 3.20. The molecule has 0 saturated carbocycles. The van der Waals surface area contributed by atoms with Crippen molar-refractivity contribution in [3.8, 4) is 17.2 Å². The summed E-state index contributed by atoms with van der Waals surface area (Å²) in [6.07, 6.45) is 1.45. The van der Waals surface area contributed by atoms with Gasteiger partial charge in [0.1, 0.15) is 17.2 Å². The summed E-state index contributed by atoms with van der Waals surface area (Å²) in [7, 11) is 0. The van der Waals surface area contributed by atoms with Crippen molar-refractivity contribution in [1.29, 1.82) is 0 Å². The van der Waals surface area contributed by atoms with Gasteiger partial charge in [-0.05, 0) is 23.6 Å². The number of fused-ring (bicyclic) bond motifs is 4. The van der Waals surface area contributed by atoms with Crippen molar-refractivity contribution in [2.24, 2.45) is 10.4 Å². The van der Waals surface area contributed by atoms with Crippen molar-refractivity contribution in [1.82, 2.24) is 5.32 Å². The zero-order valence-electron chi connectivity index (χ0n) is 14.5. The molecule has 0 fully saturated rings. The molecule has 5 heteroatoms. The van der Waals surface area contributed by atoms with Crippen molar-refractivity contribution < 1.29 is 14.3 Å². The molecular formula is C20H20N2O3. The van der Waals surface area contributed by atoms with Gasteiger partial charge in [0.2, 0.25) is 5.54 Å². The molecule has 1 atom stereocenters. The van der Waals surface area contributed by atoms with Crippen LogP contribution in [0.25, 0.3) is 0 Å². The van der Waals surface area contributed by atoms with Crippen molar-refractivity contribution in [2.75, 3.05) is 6.61 Å². The summed E-state index contributed by atoms with van der Waals surface area (Å²) in [6.45, 7) is 6.83. The van der Waals surface area contributed by atoms with Gasteiger partial charge in [-0.25, -0.2) is 4.99 Å². The third-order valence-electron chi connectivity index (χ3n) is 4.29. The highest BCUT2D eigenvalue weighted by Crippen LogP contribution is 2.53. The van der Waals surface area contributed by atoms with Gasteiger partial charge in [-0.3, -0.25) is 4.79 Å². The largest absolute Gasteiger partial charge is 0.492 e. The number of aliphatic imine (C=N–C) groups is 1. The Kier molecular flexibility index (Phi) is 3.35. The maximum Gasteiger partial charge on any atom is 0.262 e. The second-order valence-electron chi connectivity index (χ2n) is 7.52. The minimum atomic E-state index is -1.17. The van der Waals surface area contributed by atoms with Crippen LogP contribution in [0.3, 0.4) is 0 Å². The van der Waals surface area contributed by atoms with E-state index >= 15 is 0 Å². The minimum Gasteiger partial charge on any atom is -0.492 e. The molecular weight excluding hydrogens is 316 g/mol. The van der Waals surface area contributed by atoms with Crippen LogP contribution in [-0.2, 0) is 10.3 Å². The molecule has 0 radical (unpaired) electrons. The van der Waals surface area contributed by atoms with Crippen molar-refractivity contribution in [3.05, 3.63) is 53.6 Å². The van der Waals surface area contributed by atoms with Crippen LogP contribution in [0.2, 0.25) is 0 Å². The molecule has 4 rings (SSSR count). The molecule has 25 heavy (non-hydrogen) atoms. The first-order chi connectivity index (χ1) is 11.9. The zero-order chi connectivity index (χ0) is 17.7. The number of para-hydroxylation sites is 1. The molecule has 1 amide bonds. The Morgan fingerprint density at radius 1 is 1.12 bits per heavy atom. The fourth-order valence-electron chi connectivity index (χ4n) is 3.20. The van der Waals surface area contributed by atoms with E-state index in [0.29, 0.717) is 29.4 Å². The van der Waals surface area contributed by atoms with Crippen LogP contribution in [0, 0.1) is 5.41 Å². The van der Waals surface area contributed by atoms with E-state index in [2.05, 4.69) is 31.1 Å². The molecule has 128 valence electrons. The van der Waals surface area contributed by atoms with E-state index in [1.807, 2.05) is 42.5 Å². The summed E-state index contributed by atoms with van der Waals surface area (Å²) in [5.41, 5.74) is 0.202. The van der Waals surface area contributed by atoms with Crippen molar-refractivity contribution in [3.63, 3.8) is 0 Å². The molecule has 2 aliphatic heterocycles. The SMILES string of the molecule is CC(C)(C)COc1cccc2c1C1(N=CNC1=O)c1ccccc1O2. The Morgan fingerprint density at radius 2 is 1.88 bits per heavy atom. The number of hydrogen-bond acceptors (Lipinski definition) is 4. The number of carbonyl (C=O) groups excluding carboxylic acids is 1. The lowest BCUT2D eigenvalue weighted by molar-refractivity contribution is -0.122. The van der Waals surface area contributed by atoms with Gasteiger partial charge in [-0.15, -0.1) is 0 Å². The predicted octanol–water partition coefficient (Wildman–Crippen LogP) is 3.62.